The monoisotopic (exact) mass is 1610 g/mol. The van der Waals surface area contributed by atoms with Crippen LogP contribution in [0.5, 0.6) is 0 Å². The summed E-state index contributed by atoms with van der Waals surface area (Å²) in [6.45, 7) is 4.71. The van der Waals surface area contributed by atoms with Crippen molar-refractivity contribution in [3.8, 4) is 0 Å². The maximum Gasteiger partial charge on any atom is 0.472 e. The fraction of sp³-hybridized carbons (Fsp3) is 0.720. The number of rotatable bonds is 83. The van der Waals surface area contributed by atoms with Gasteiger partial charge in [-0.25, -0.2) is 9.13 Å². The molecule has 0 rings (SSSR count). The van der Waals surface area contributed by atoms with Crippen LogP contribution in [-0.2, 0) is 65.4 Å². The number of aliphatic hydroxyl groups excluding tert-OH is 1. The quantitative estimate of drug-likeness (QED) is 0.0169. The first-order valence-corrected chi connectivity index (χ1v) is 47.4. The summed E-state index contributed by atoms with van der Waals surface area (Å²) in [4.78, 5) is 73.4. The van der Waals surface area contributed by atoms with Crippen LogP contribution >= 0.6 is 15.6 Å². The Balaban J connectivity index is 5.42. The van der Waals surface area contributed by atoms with Crippen LogP contribution < -0.4 is 0 Å². The lowest BCUT2D eigenvalue weighted by Gasteiger charge is -2.21. The number of hydrogen-bond acceptors (Lipinski definition) is 15. The summed E-state index contributed by atoms with van der Waals surface area (Å²) < 4.78 is 68.9. The van der Waals surface area contributed by atoms with Gasteiger partial charge in [0, 0.05) is 25.7 Å². The van der Waals surface area contributed by atoms with Crippen LogP contribution in [0, 0.1) is 0 Å². The Morgan fingerprint density at radius 3 is 0.741 bits per heavy atom. The van der Waals surface area contributed by atoms with Gasteiger partial charge in [-0.1, -0.05) is 315 Å². The number of carbonyl (C=O) groups excluding carboxylic acids is 4. The van der Waals surface area contributed by atoms with Crippen molar-refractivity contribution >= 4 is 39.5 Å². The van der Waals surface area contributed by atoms with E-state index in [4.69, 9.17) is 37.0 Å². The number of esters is 4. The summed E-state index contributed by atoms with van der Waals surface area (Å²) >= 11 is 0. The fourth-order valence-corrected chi connectivity index (χ4v) is 13.4. The summed E-state index contributed by atoms with van der Waals surface area (Å²) in [5, 5.41) is 10.7. The number of phosphoric ester groups is 2. The molecule has 17 nitrogen and oxygen atoms in total. The lowest BCUT2D eigenvalue weighted by atomic mass is 10.1. The second-order valence-corrected chi connectivity index (χ2v) is 32.3. The van der Waals surface area contributed by atoms with Crippen LogP contribution in [0.1, 0.15) is 374 Å². The number of phosphoric acid groups is 2. The molecule has 5 atom stereocenters. The molecule has 0 aliphatic heterocycles. The third kappa shape index (κ3) is 83.2. The van der Waals surface area contributed by atoms with E-state index in [0.717, 1.165) is 218 Å². The number of ether oxygens (including phenoxy) is 4. The Labute approximate surface area is 682 Å². The Hall–Kier alpha value is -4.80. The lowest BCUT2D eigenvalue weighted by Crippen LogP contribution is -2.30. The van der Waals surface area contributed by atoms with Crippen molar-refractivity contribution in [1.29, 1.82) is 0 Å². The Kier molecular flexibility index (Phi) is 80.5. The third-order valence-corrected chi connectivity index (χ3v) is 20.5. The van der Waals surface area contributed by atoms with E-state index >= 15 is 0 Å². The molecular formula is C93H160O17P2. The van der Waals surface area contributed by atoms with E-state index in [9.17, 15) is 43.2 Å². The lowest BCUT2D eigenvalue weighted by molar-refractivity contribution is -0.161. The van der Waals surface area contributed by atoms with Crippen LogP contribution in [0.2, 0.25) is 0 Å². The molecule has 0 heterocycles. The van der Waals surface area contributed by atoms with E-state index in [1.807, 2.05) is 0 Å². The van der Waals surface area contributed by atoms with Gasteiger partial charge in [0.2, 0.25) is 0 Å². The molecule has 0 aliphatic carbocycles. The first-order chi connectivity index (χ1) is 54.7. The summed E-state index contributed by atoms with van der Waals surface area (Å²) in [5.41, 5.74) is 0. The van der Waals surface area contributed by atoms with Crippen LogP contribution in [0.15, 0.2) is 134 Å². The fourth-order valence-electron chi connectivity index (χ4n) is 11.8. The van der Waals surface area contributed by atoms with Crippen molar-refractivity contribution in [1.82, 2.24) is 0 Å². The predicted molar refractivity (Wildman–Crippen MR) is 464 cm³/mol. The van der Waals surface area contributed by atoms with Crippen molar-refractivity contribution in [2.45, 2.75) is 393 Å². The minimum absolute atomic E-state index is 0.0741. The van der Waals surface area contributed by atoms with Gasteiger partial charge >= 0.3 is 39.5 Å². The molecule has 0 spiro atoms. The second-order valence-electron chi connectivity index (χ2n) is 29.4. The van der Waals surface area contributed by atoms with Crippen molar-refractivity contribution in [3.63, 3.8) is 0 Å². The number of unbranched alkanes of at least 4 members (excludes halogenated alkanes) is 35. The Morgan fingerprint density at radius 2 is 0.464 bits per heavy atom. The molecule has 112 heavy (non-hydrogen) atoms. The van der Waals surface area contributed by atoms with Gasteiger partial charge in [-0.2, -0.15) is 0 Å². The molecular weight excluding hydrogens is 1450 g/mol. The molecule has 0 saturated heterocycles. The van der Waals surface area contributed by atoms with Gasteiger partial charge in [-0.05, 0) is 167 Å². The topological polar surface area (TPSA) is 237 Å². The first kappa shape index (κ1) is 107. The molecule has 0 radical (unpaired) electrons. The van der Waals surface area contributed by atoms with Gasteiger partial charge in [0.05, 0.1) is 26.4 Å². The molecule has 0 saturated carbocycles. The molecule has 0 amide bonds. The third-order valence-electron chi connectivity index (χ3n) is 18.6. The molecule has 0 bridgehead atoms. The van der Waals surface area contributed by atoms with Crippen LogP contribution in [0.3, 0.4) is 0 Å². The van der Waals surface area contributed by atoms with E-state index in [0.29, 0.717) is 25.7 Å². The van der Waals surface area contributed by atoms with Crippen molar-refractivity contribution < 1.29 is 80.2 Å². The smallest absolute Gasteiger partial charge is 0.462 e. The molecule has 0 aromatic carbocycles. The number of carbonyl (C=O) groups is 4. The number of allylic oxidation sites excluding steroid dienone is 22. The summed E-state index contributed by atoms with van der Waals surface area (Å²) in [5.74, 6) is -2.21. The zero-order valence-corrected chi connectivity index (χ0v) is 72.6. The standard InChI is InChI=1S/C93H160O17P2/c1-5-9-13-17-21-25-29-33-37-40-43-46-50-53-57-61-65-69-73-77-90(95)103-83-88(109-92(97)79-75-71-67-63-59-55-49-36-32-28-24-20-16-12-8-4)85-107-111(99,100)105-81-87(94)82-106-112(101,102)108-86-89(110-93(98)80-76-72-68-64-60-56-52-48-45-42-39-35-31-27-23-19-15-11-7-3)84-104-91(96)78-74-70-66-62-58-54-51-47-44-41-38-34-30-26-22-18-14-10-6-2/h10,14,21-23,25-27,33-39,43-49,87-89,94H,5-9,11-13,15-20,24,28-32,40-42,50-86H2,1-4H3,(H,99,100)(H,101,102)/b14-10-,25-21-,26-22-,27-23-,37-33-,38-34-,39-35-,46-43-,47-44-,48-45-,49-36-. The van der Waals surface area contributed by atoms with Crippen molar-refractivity contribution in [3.05, 3.63) is 134 Å². The molecule has 0 aromatic heterocycles. The van der Waals surface area contributed by atoms with Gasteiger partial charge in [0.15, 0.2) is 12.2 Å². The molecule has 0 aliphatic rings. The molecule has 19 heteroatoms. The minimum Gasteiger partial charge on any atom is -0.462 e. The molecule has 3 N–H and O–H groups in total. The normalized spacial score (nSPS) is 14.4. The van der Waals surface area contributed by atoms with Crippen LogP contribution in [0.25, 0.3) is 0 Å². The minimum atomic E-state index is -5.00. The average Bonchev–Trinajstić information content (AvgIpc) is 0.898. The molecule has 0 aromatic rings. The zero-order chi connectivity index (χ0) is 81.7. The van der Waals surface area contributed by atoms with E-state index in [1.165, 1.54) is 77.0 Å². The molecule has 5 unspecified atom stereocenters. The van der Waals surface area contributed by atoms with Gasteiger partial charge in [0.25, 0.3) is 0 Å². The highest BCUT2D eigenvalue weighted by molar-refractivity contribution is 7.47. The average molecular weight is 1610 g/mol. The SMILES string of the molecule is CC/C=C\C/C=C\C/C=C\C/C=C\CCCCCCCCC(=O)OCC(COP(=O)(O)OCC(O)COP(=O)(O)OCC(COC(=O)CCCCCCCC/C=C\C/C=C\C/C=C\CCCCC)OC(=O)CCCCCCC/C=C\CCCCCCCC)OC(=O)CCCCCCCC/C=C\C/C=C\C/C=C\CCCCC. The van der Waals surface area contributed by atoms with E-state index in [-0.39, 0.29) is 25.7 Å². The maximum atomic E-state index is 13.2. The summed E-state index contributed by atoms with van der Waals surface area (Å²) in [7, 11) is -9.99. The van der Waals surface area contributed by atoms with Crippen molar-refractivity contribution in [2.75, 3.05) is 39.6 Å². The second kappa shape index (κ2) is 84.1. The zero-order valence-electron chi connectivity index (χ0n) is 70.8. The van der Waals surface area contributed by atoms with E-state index in [1.54, 1.807) is 0 Å². The highest BCUT2D eigenvalue weighted by Crippen LogP contribution is 2.45. The maximum absolute atomic E-state index is 13.2. The van der Waals surface area contributed by atoms with E-state index < -0.39 is 97.5 Å². The highest BCUT2D eigenvalue weighted by atomic mass is 31.2. The highest BCUT2D eigenvalue weighted by Gasteiger charge is 2.30. The van der Waals surface area contributed by atoms with Crippen LogP contribution in [0.4, 0.5) is 0 Å². The predicted octanol–water partition coefficient (Wildman–Crippen LogP) is 26.8. The van der Waals surface area contributed by atoms with Gasteiger partial charge in [-0.3, -0.25) is 37.3 Å². The summed E-state index contributed by atoms with van der Waals surface area (Å²) in [6, 6.07) is 0. The van der Waals surface area contributed by atoms with Gasteiger partial charge in [-0.15, -0.1) is 0 Å². The number of aliphatic hydroxyl groups is 1. The molecule has 0 fully saturated rings. The Morgan fingerprint density at radius 1 is 0.259 bits per heavy atom. The molecule has 644 valence electrons. The van der Waals surface area contributed by atoms with E-state index in [2.05, 4.69) is 161 Å². The van der Waals surface area contributed by atoms with Crippen molar-refractivity contribution in [2.24, 2.45) is 0 Å². The summed E-state index contributed by atoms with van der Waals surface area (Å²) in [6.07, 6.45) is 96.8. The van der Waals surface area contributed by atoms with Gasteiger partial charge in [0.1, 0.15) is 19.3 Å². The first-order valence-electron chi connectivity index (χ1n) is 44.4. The Bertz CT molecular complexity index is 2640. The largest absolute Gasteiger partial charge is 0.472 e. The number of hydrogen-bond donors (Lipinski definition) is 3. The van der Waals surface area contributed by atoms with Crippen LogP contribution in [-0.4, -0.2) is 96.7 Å². The van der Waals surface area contributed by atoms with Gasteiger partial charge < -0.3 is 33.8 Å².